The molecule has 0 unspecified atom stereocenters. The number of fused-ring (bicyclic) bond motifs is 2. The lowest BCUT2D eigenvalue weighted by atomic mass is 10.0. The van der Waals surface area contributed by atoms with Crippen LogP contribution in [-0.4, -0.2) is 23.3 Å². The molecule has 2 heterocycles. The van der Waals surface area contributed by atoms with Gasteiger partial charge in [-0.1, -0.05) is 18.2 Å². The maximum Gasteiger partial charge on any atom is 0.339 e. The molecule has 0 bridgehead atoms. The molecular weight excluding hydrogens is 394 g/mol. The van der Waals surface area contributed by atoms with E-state index < -0.39 is 18.4 Å². The number of benzene rings is 1. The number of nitriles is 1. The highest BCUT2D eigenvalue weighted by atomic mass is 16.5. The largest absolute Gasteiger partial charge is 0.465 e. The fourth-order valence-corrected chi connectivity index (χ4v) is 3.70. The lowest BCUT2D eigenvalue weighted by Gasteiger charge is -2.12. The van der Waals surface area contributed by atoms with Crippen LogP contribution in [0.15, 0.2) is 58.3 Å². The van der Waals surface area contributed by atoms with E-state index in [1.807, 2.05) is 36.4 Å². The second-order valence-electron chi connectivity index (χ2n) is 7.19. The van der Waals surface area contributed by atoms with Gasteiger partial charge in [-0.25, -0.2) is 9.78 Å². The molecule has 4 rings (SSSR count). The maximum atomic E-state index is 13.1. The maximum absolute atomic E-state index is 13.1. The quantitative estimate of drug-likeness (QED) is 0.384. The van der Waals surface area contributed by atoms with Crippen LogP contribution in [0, 0.1) is 11.3 Å². The van der Waals surface area contributed by atoms with Crippen molar-refractivity contribution in [2.45, 2.75) is 19.8 Å². The Morgan fingerprint density at radius 2 is 2.06 bits per heavy atom. The number of hydrogen-bond acceptors (Lipinski definition) is 7. The summed E-state index contributed by atoms with van der Waals surface area (Å²) in [6.45, 7) is 0.894. The molecule has 1 aromatic carbocycles. The minimum Gasteiger partial charge on any atom is -0.465 e. The number of aromatic nitrogens is 1. The Morgan fingerprint density at radius 3 is 2.77 bits per heavy atom. The molecule has 2 aromatic heterocycles. The van der Waals surface area contributed by atoms with E-state index in [0.29, 0.717) is 35.1 Å². The molecule has 1 aliphatic rings. The first kappa shape index (κ1) is 20.1. The van der Waals surface area contributed by atoms with Crippen LogP contribution in [0.2, 0.25) is 0 Å². The van der Waals surface area contributed by atoms with Crippen molar-refractivity contribution in [3.63, 3.8) is 0 Å². The van der Waals surface area contributed by atoms with Gasteiger partial charge in [0, 0.05) is 11.1 Å². The van der Waals surface area contributed by atoms with Gasteiger partial charge in [0.2, 0.25) is 5.78 Å². The summed E-state index contributed by atoms with van der Waals surface area (Å²) in [7, 11) is 0. The molecule has 7 nitrogen and oxygen atoms in total. The van der Waals surface area contributed by atoms with Crippen molar-refractivity contribution in [3.8, 4) is 6.07 Å². The van der Waals surface area contributed by atoms with E-state index in [2.05, 4.69) is 0 Å². The van der Waals surface area contributed by atoms with E-state index in [1.165, 1.54) is 6.92 Å². The third-order valence-electron chi connectivity index (χ3n) is 5.12. The van der Waals surface area contributed by atoms with Gasteiger partial charge < -0.3 is 14.9 Å². The van der Waals surface area contributed by atoms with Gasteiger partial charge in [-0.3, -0.25) is 4.79 Å². The molecule has 0 fully saturated rings. The number of pyridine rings is 1. The number of carbonyl (C=O) groups is 2. The van der Waals surface area contributed by atoms with Crippen LogP contribution in [0.1, 0.15) is 40.7 Å². The number of furan rings is 1. The monoisotopic (exact) mass is 413 g/mol. The van der Waals surface area contributed by atoms with Gasteiger partial charge in [-0.2, -0.15) is 5.26 Å². The Hall–Kier alpha value is -4.18. The zero-order chi connectivity index (χ0) is 22.0. The van der Waals surface area contributed by atoms with Gasteiger partial charge in [-0.15, -0.1) is 0 Å². The van der Waals surface area contributed by atoms with E-state index in [9.17, 15) is 9.59 Å². The smallest absolute Gasteiger partial charge is 0.339 e. The molecule has 0 spiro atoms. The molecule has 1 aliphatic carbocycles. The van der Waals surface area contributed by atoms with Crippen molar-refractivity contribution < 1.29 is 18.7 Å². The average molecular weight is 413 g/mol. The number of nitrogens with two attached hydrogens (primary N) is 1. The van der Waals surface area contributed by atoms with Crippen LogP contribution in [0.3, 0.4) is 0 Å². The van der Waals surface area contributed by atoms with Crippen molar-refractivity contribution in [3.05, 3.63) is 76.5 Å². The number of Topliss-reactive ketones (excluding diaryl/α,β-unsaturated/α-hetero) is 1. The lowest BCUT2D eigenvalue weighted by molar-refractivity contribution is -0.118. The molecule has 31 heavy (non-hydrogen) atoms. The summed E-state index contributed by atoms with van der Waals surface area (Å²) in [5.74, 6) is -0.556. The summed E-state index contributed by atoms with van der Waals surface area (Å²) < 4.78 is 10.7. The highest BCUT2D eigenvalue weighted by Crippen LogP contribution is 2.37. The van der Waals surface area contributed by atoms with Gasteiger partial charge in [-0.05, 0) is 55.2 Å². The molecule has 0 amide bonds. The zero-order valence-corrected chi connectivity index (χ0v) is 16.8. The van der Waals surface area contributed by atoms with Crippen molar-refractivity contribution >= 4 is 34.3 Å². The molecule has 0 radical (unpaired) electrons. The fourth-order valence-electron chi connectivity index (χ4n) is 3.70. The predicted octanol–water partition coefficient (Wildman–Crippen LogP) is 3.80. The van der Waals surface area contributed by atoms with E-state index in [-0.39, 0.29) is 11.3 Å². The van der Waals surface area contributed by atoms with E-state index in [1.54, 1.807) is 18.4 Å². The van der Waals surface area contributed by atoms with Crippen LogP contribution in [-0.2, 0) is 16.0 Å². The van der Waals surface area contributed by atoms with E-state index >= 15 is 0 Å². The minimum absolute atomic E-state index is 0.0894. The Balaban J connectivity index is 1.73. The summed E-state index contributed by atoms with van der Waals surface area (Å²) in [6.07, 6.45) is 4.83. The number of hydrogen-bond donors (Lipinski definition) is 1. The highest BCUT2D eigenvalue weighted by Gasteiger charge is 2.28. The van der Waals surface area contributed by atoms with Gasteiger partial charge in [0.25, 0.3) is 0 Å². The average Bonchev–Trinajstić information content (AvgIpc) is 3.41. The number of carbonyl (C=O) groups excluding carboxylic acids is 2. The van der Waals surface area contributed by atoms with Crippen LogP contribution in [0.4, 0.5) is 0 Å². The number of ketones is 1. The topological polar surface area (TPSA) is 119 Å². The van der Waals surface area contributed by atoms with Crippen molar-refractivity contribution in [1.29, 1.82) is 5.26 Å². The van der Waals surface area contributed by atoms with Crippen LogP contribution >= 0.6 is 0 Å². The van der Waals surface area contributed by atoms with Crippen molar-refractivity contribution in [2.75, 3.05) is 6.61 Å². The number of rotatable bonds is 5. The Kier molecular flexibility index (Phi) is 5.37. The van der Waals surface area contributed by atoms with Gasteiger partial charge in [0.1, 0.15) is 17.4 Å². The number of para-hydroxylation sites is 1. The molecule has 154 valence electrons. The molecule has 0 saturated heterocycles. The first-order valence-corrected chi connectivity index (χ1v) is 9.72. The predicted molar refractivity (Wildman–Crippen MR) is 114 cm³/mol. The van der Waals surface area contributed by atoms with Crippen molar-refractivity contribution in [2.24, 2.45) is 5.73 Å². The molecule has 0 saturated carbocycles. The first-order chi connectivity index (χ1) is 15.0. The summed E-state index contributed by atoms with van der Waals surface area (Å²) in [4.78, 5) is 30.0. The number of esters is 1. The zero-order valence-electron chi connectivity index (χ0n) is 16.8. The van der Waals surface area contributed by atoms with E-state index in [0.717, 1.165) is 16.8 Å². The van der Waals surface area contributed by atoms with Crippen LogP contribution < -0.4 is 5.73 Å². The van der Waals surface area contributed by atoms with Crippen LogP contribution in [0.25, 0.3) is 22.6 Å². The molecule has 3 aromatic rings. The molecular formula is C24H19N3O4. The SMILES string of the molecule is CC(N)=C(C#N)C(=O)COC(=O)c1c2c(nc3ccccc13)C(=Cc1ccco1)CC2. The highest BCUT2D eigenvalue weighted by molar-refractivity contribution is 6.08. The molecule has 2 N–H and O–H groups in total. The summed E-state index contributed by atoms with van der Waals surface area (Å²) in [5.41, 5.74) is 8.96. The number of allylic oxidation sites excluding steroid dienone is 2. The van der Waals surface area contributed by atoms with Gasteiger partial charge in [0.15, 0.2) is 6.61 Å². The second kappa shape index (κ2) is 8.28. The third-order valence-corrected chi connectivity index (χ3v) is 5.12. The molecule has 0 aliphatic heterocycles. The number of ether oxygens (including phenoxy) is 1. The number of nitrogens with zero attached hydrogens (tertiary/aromatic N) is 2. The second-order valence-corrected chi connectivity index (χ2v) is 7.19. The normalized spacial score (nSPS) is 14.8. The molecule has 7 heteroatoms. The summed E-state index contributed by atoms with van der Waals surface area (Å²) in [5, 5.41) is 9.74. The standard InChI is InChI=1S/C24H19N3O4/c1-14(26)19(12-25)21(28)13-31-24(29)22-17-6-2-3-7-20(17)27-23-15(8-9-18(22)23)11-16-5-4-10-30-16/h2-7,10-11H,8-9,13,26H2,1H3. The summed E-state index contributed by atoms with van der Waals surface area (Å²) in [6, 6.07) is 12.7. The Morgan fingerprint density at radius 1 is 1.26 bits per heavy atom. The lowest BCUT2D eigenvalue weighted by Crippen LogP contribution is -2.19. The van der Waals surface area contributed by atoms with Crippen molar-refractivity contribution in [1.82, 2.24) is 4.98 Å². The third kappa shape index (κ3) is 3.83. The van der Waals surface area contributed by atoms with E-state index in [4.69, 9.17) is 25.1 Å². The molecule has 0 atom stereocenters. The summed E-state index contributed by atoms with van der Waals surface area (Å²) >= 11 is 0. The Labute approximate surface area is 178 Å². The minimum atomic E-state index is -0.635. The Bertz CT molecular complexity index is 1290. The first-order valence-electron chi connectivity index (χ1n) is 9.72. The fraction of sp³-hybridized carbons (Fsp3) is 0.167. The van der Waals surface area contributed by atoms with Crippen LogP contribution in [0.5, 0.6) is 0 Å². The van der Waals surface area contributed by atoms with Gasteiger partial charge in [0.05, 0.1) is 23.0 Å². The van der Waals surface area contributed by atoms with Gasteiger partial charge >= 0.3 is 5.97 Å².